The van der Waals surface area contributed by atoms with Crippen LogP contribution < -0.4 is 0 Å². The minimum absolute atomic E-state index is 1.78. The van der Waals surface area contributed by atoms with Crippen molar-refractivity contribution < 1.29 is 31.9 Å². The van der Waals surface area contributed by atoms with Gasteiger partial charge in [0, 0.05) is 0 Å². The van der Waals surface area contributed by atoms with Crippen molar-refractivity contribution in [3.05, 3.63) is 0 Å². The molecule has 2 nitrogen and oxygen atoms in total. The van der Waals surface area contributed by atoms with Gasteiger partial charge in [0.15, 0.2) is 0 Å². The highest BCUT2D eigenvalue weighted by molar-refractivity contribution is 5.76. The van der Waals surface area contributed by atoms with Gasteiger partial charge in [-0.15, -0.1) is 0 Å². The van der Waals surface area contributed by atoms with Crippen LogP contribution in [-0.2, 0) is 4.79 Å². The molecule has 0 spiro atoms. The van der Waals surface area contributed by atoms with Crippen molar-refractivity contribution in [2.75, 3.05) is 33.4 Å². The van der Waals surface area contributed by atoms with Gasteiger partial charge in [-0.05, 0) is 0 Å². The third-order valence-electron chi connectivity index (χ3n) is 2.65. The molecule has 0 aliphatic carbocycles. The van der Waals surface area contributed by atoms with Crippen LogP contribution in [0, 0.1) is 10.8 Å². The highest BCUT2D eigenvalue weighted by Crippen LogP contribution is 2.42. The highest BCUT2D eigenvalue weighted by Gasteiger charge is 2.58. The summed E-state index contributed by atoms with van der Waals surface area (Å²) in [6.07, 6.45) is 0. The Morgan fingerprint density at radius 3 is 1.27 bits per heavy atom. The third kappa shape index (κ3) is 1.91. The Bertz CT molecular complexity index is 205. The van der Waals surface area contributed by atoms with Gasteiger partial charge in [0.1, 0.15) is 38.8 Å². The van der Waals surface area contributed by atoms with Crippen molar-refractivity contribution >= 4 is 5.97 Å². The largest absolute Gasteiger partial charge is 0.481 e. The summed E-state index contributed by atoms with van der Waals surface area (Å²) in [5.41, 5.74) is -5.78. The molecule has 7 heteroatoms. The second-order valence-electron chi connectivity index (χ2n) is 3.34. The lowest BCUT2D eigenvalue weighted by molar-refractivity contribution is -0.168. The number of halogens is 5. The van der Waals surface area contributed by atoms with Crippen molar-refractivity contribution in [1.82, 2.24) is 0 Å². The summed E-state index contributed by atoms with van der Waals surface area (Å²) in [5, 5.41) is 8.57. The highest BCUT2D eigenvalue weighted by atomic mass is 19.2. The molecule has 0 aromatic rings. The molecule has 0 rings (SSSR count). The molecule has 90 valence electrons. The lowest BCUT2D eigenvalue weighted by Crippen LogP contribution is -2.55. The van der Waals surface area contributed by atoms with E-state index in [0.717, 1.165) is 0 Å². The van der Waals surface area contributed by atoms with Gasteiger partial charge in [-0.3, -0.25) is 18.0 Å². The zero-order valence-corrected chi connectivity index (χ0v) is 7.78. The predicted octanol–water partition coefficient (Wildman–Crippen LogP) is 1.89. The van der Waals surface area contributed by atoms with Gasteiger partial charge >= 0.3 is 5.97 Å². The fourth-order valence-electron chi connectivity index (χ4n) is 1.15. The SMILES string of the molecule is O=C(O)C(CF)(CF)C(CF)(CF)CF. The smallest absolute Gasteiger partial charge is 0.315 e. The normalized spacial score (nSPS) is 12.9. The summed E-state index contributed by atoms with van der Waals surface area (Å²) >= 11 is 0. The number of rotatable bonds is 7. The maximum atomic E-state index is 12.5. The molecule has 15 heavy (non-hydrogen) atoms. The van der Waals surface area contributed by atoms with Crippen LogP contribution in [0.4, 0.5) is 22.0 Å². The van der Waals surface area contributed by atoms with Gasteiger partial charge in [0.25, 0.3) is 0 Å². The van der Waals surface area contributed by atoms with E-state index in [1.165, 1.54) is 0 Å². The molecule has 0 aliphatic rings. The van der Waals surface area contributed by atoms with Crippen LogP contribution in [0.1, 0.15) is 0 Å². The molecule has 0 aromatic heterocycles. The Labute approximate surface area is 83.1 Å². The fourth-order valence-corrected chi connectivity index (χ4v) is 1.15. The first-order chi connectivity index (χ1) is 7.00. The van der Waals surface area contributed by atoms with Crippen LogP contribution in [0.15, 0.2) is 0 Å². The first-order valence-corrected chi connectivity index (χ1v) is 4.03. The van der Waals surface area contributed by atoms with Crippen LogP contribution in [0.25, 0.3) is 0 Å². The lowest BCUT2D eigenvalue weighted by Gasteiger charge is -2.39. The third-order valence-corrected chi connectivity index (χ3v) is 2.65. The molecule has 0 aliphatic heterocycles. The molecule has 0 aromatic carbocycles. The Morgan fingerprint density at radius 1 is 0.867 bits per heavy atom. The standard InChI is InChI=1S/C8H11F5O2/c9-1-7(2-10,3-11)8(4-12,5-13)6(14)15/h1-5H2,(H,14,15). The maximum Gasteiger partial charge on any atom is 0.315 e. The van der Waals surface area contributed by atoms with Crippen LogP contribution in [0.3, 0.4) is 0 Å². The first-order valence-electron chi connectivity index (χ1n) is 4.03. The van der Waals surface area contributed by atoms with E-state index in [1.54, 1.807) is 0 Å². The molecule has 0 amide bonds. The molecule has 0 radical (unpaired) electrons. The lowest BCUT2D eigenvalue weighted by atomic mass is 9.66. The zero-order valence-electron chi connectivity index (χ0n) is 7.78. The van der Waals surface area contributed by atoms with Crippen molar-refractivity contribution in [3.63, 3.8) is 0 Å². The Kier molecular flexibility index (Phi) is 4.96. The summed E-state index contributed by atoms with van der Waals surface area (Å²) in [5.74, 6) is -2.08. The summed E-state index contributed by atoms with van der Waals surface area (Å²) in [6.45, 7) is -9.06. The minimum atomic E-state index is -2.99. The molecule has 1 N–H and O–H groups in total. The quantitative estimate of drug-likeness (QED) is 0.683. The van der Waals surface area contributed by atoms with E-state index in [-0.39, 0.29) is 0 Å². The fraction of sp³-hybridized carbons (Fsp3) is 0.875. The zero-order chi connectivity index (χ0) is 12.1. The molecule has 0 heterocycles. The van der Waals surface area contributed by atoms with Gasteiger partial charge in [0.05, 0.1) is 5.41 Å². The van der Waals surface area contributed by atoms with Gasteiger partial charge in [0.2, 0.25) is 0 Å². The molecule has 0 saturated carbocycles. The maximum absolute atomic E-state index is 12.5. The summed E-state index contributed by atoms with van der Waals surface area (Å²) < 4.78 is 62.4. The molecular weight excluding hydrogens is 223 g/mol. The van der Waals surface area contributed by atoms with Gasteiger partial charge < -0.3 is 5.11 Å². The number of carboxylic acid groups (broad SMARTS) is 1. The van der Waals surface area contributed by atoms with Crippen molar-refractivity contribution in [3.8, 4) is 0 Å². The number of hydrogen-bond acceptors (Lipinski definition) is 1. The van der Waals surface area contributed by atoms with E-state index in [9.17, 15) is 26.7 Å². The van der Waals surface area contributed by atoms with E-state index < -0.39 is 50.2 Å². The number of carbonyl (C=O) groups is 1. The van der Waals surface area contributed by atoms with Crippen molar-refractivity contribution in [1.29, 1.82) is 0 Å². The van der Waals surface area contributed by atoms with Crippen LogP contribution >= 0.6 is 0 Å². The van der Waals surface area contributed by atoms with Crippen LogP contribution in [0.2, 0.25) is 0 Å². The predicted molar refractivity (Wildman–Crippen MR) is 42.4 cm³/mol. The van der Waals surface area contributed by atoms with Crippen molar-refractivity contribution in [2.24, 2.45) is 10.8 Å². The minimum Gasteiger partial charge on any atom is -0.481 e. The number of carboxylic acids is 1. The summed E-state index contributed by atoms with van der Waals surface area (Å²) in [7, 11) is 0. The number of hydrogen-bond donors (Lipinski definition) is 1. The van der Waals surface area contributed by atoms with Gasteiger partial charge in [-0.2, -0.15) is 0 Å². The molecule has 0 atom stereocenters. The average molecular weight is 234 g/mol. The van der Waals surface area contributed by atoms with Crippen molar-refractivity contribution in [2.45, 2.75) is 0 Å². The van der Waals surface area contributed by atoms with E-state index in [4.69, 9.17) is 5.11 Å². The van der Waals surface area contributed by atoms with E-state index in [2.05, 4.69) is 0 Å². The Morgan fingerprint density at radius 2 is 1.20 bits per heavy atom. The van der Waals surface area contributed by atoms with E-state index in [1.807, 2.05) is 0 Å². The summed E-state index contributed by atoms with van der Waals surface area (Å²) in [6, 6.07) is 0. The molecule has 0 unspecified atom stereocenters. The number of aliphatic carboxylic acids is 1. The second-order valence-corrected chi connectivity index (χ2v) is 3.34. The van der Waals surface area contributed by atoms with Gasteiger partial charge in [-0.25, -0.2) is 8.78 Å². The van der Waals surface area contributed by atoms with E-state index in [0.29, 0.717) is 0 Å². The monoisotopic (exact) mass is 234 g/mol. The van der Waals surface area contributed by atoms with E-state index >= 15 is 0 Å². The molecule has 0 saturated heterocycles. The first kappa shape index (κ1) is 14.1. The average Bonchev–Trinajstić information content (AvgIpc) is 2.26. The Balaban J connectivity index is 5.44. The van der Waals surface area contributed by atoms with Crippen LogP contribution in [0.5, 0.6) is 0 Å². The number of alkyl halides is 5. The Hall–Kier alpha value is -0.880. The molecule has 0 fully saturated rings. The molecular formula is C8H11F5O2. The summed E-state index contributed by atoms with van der Waals surface area (Å²) in [4.78, 5) is 10.6. The van der Waals surface area contributed by atoms with Crippen LogP contribution in [-0.4, -0.2) is 44.4 Å². The van der Waals surface area contributed by atoms with Gasteiger partial charge in [-0.1, -0.05) is 0 Å². The molecule has 0 bridgehead atoms. The second kappa shape index (κ2) is 5.27. The topological polar surface area (TPSA) is 37.3 Å².